The zero-order valence-corrected chi connectivity index (χ0v) is 14.4. The van der Waals surface area contributed by atoms with Crippen LogP contribution in [0.3, 0.4) is 0 Å². The third kappa shape index (κ3) is 2.72. The minimum Gasteiger partial charge on any atom is -0.477 e. The normalized spacial score (nSPS) is 17.4. The van der Waals surface area contributed by atoms with Gasteiger partial charge in [-0.3, -0.25) is 10.6 Å². The molecule has 1 aliphatic carbocycles. The molecule has 8 nitrogen and oxygen atoms in total. The number of anilines is 2. The van der Waals surface area contributed by atoms with E-state index in [2.05, 4.69) is 10.7 Å². The van der Waals surface area contributed by atoms with Crippen molar-refractivity contribution in [2.24, 2.45) is 5.84 Å². The lowest BCUT2D eigenvalue weighted by molar-refractivity contribution is 0.0695. The molecule has 0 bridgehead atoms. The van der Waals surface area contributed by atoms with Crippen LogP contribution in [-0.4, -0.2) is 41.8 Å². The summed E-state index contributed by atoms with van der Waals surface area (Å²) < 4.78 is 32.1. The smallest absolute Gasteiger partial charge is 0.341 e. The van der Waals surface area contributed by atoms with Crippen molar-refractivity contribution in [1.29, 1.82) is 0 Å². The molecular formula is C17H19F2N5O3. The van der Waals surface area contributed by atoms with Crippen molar-refractivity contribution >= 4 is 28.2 Å². The standard InChI is InChI=1S/C17H19F2N5O3/c18-11-13(22-20)10-14(12(19)15(11)23-5-3-21-4-6-23)24(8-1-2-8)7-9(16(10)25)17(26)27/h7-8,21-22H,1-6,20H2,(H,26,27). The van der Waals surface area contributed by atoms with Crippen molar-refractivity contribution in [3.8, 4) is 0 Å². The maximum absolute atomic E-state index is 15.5. The highest BCUT2D eigenvalue weighted by Crippen LogP contribution is 2.42. The van der Waals surface area contributed by atoms with E-state index in [1.54, 1.807) is 4.90 Å². The van der Waals surface area contributed by atoms with E-state index in [0.717, 1.165) is 19.0 Å². The van der Waals surface area contributed by atoms with Crippen molar-refractivity contribution in [2.75, 3.05) is 36.5 Å². The van der Waals surface area contributed by atoms with Gasteiger partial charge >= 0.3 is 5.97 Å². The number of aromatic carboxylic acids is 1. The van der Waals surface area contributed by atoms with Crippen LogP contribution in [0.4, 0.5) is 20.2 Å². The van der Waals surface area contributed by atoms with E-state index < -0.39 is 28.6 Å². The monoisotopic (exact) mass is 379 g/mol. The van der Waals surface area contributed by atoms with Crippen LogP contribution in [0, 0.1) is 11.6 Å². The number of piperazine rings is 1. The van der Waals surface area contributed by atoms with Crippen LogP contribution in [0.1, 0.15) is 29.2 Å². The number of fused-ring (bicyclic) bond motifs is 1. The second-order valence-corrected chi connectivity index (χ2v) is 6.77. The van der Waals surface area contributed by atoms with E-state index in [4.69, 9.17) is 5.84 Å². The van der Waals surface area contributed by atoms with E-state index in [1.807, 2.05) is 0 Å². The molecule has 4 rings (SSSR count). The predicted molar refractivity (Wildman–Crippen MR) is 96.2 cm³/mol. The number of hydrogen-bond donors (Lipinski definition) is 4. The molecule has 0 radical (unpaired) electrons. The molecule has 0 atom stereocenters. The van der Waals surface area contributed by atoms with E-state index in [-0.39, 0.29) is 28.3 Å². The highest BCUT2D eigenvalue weighted by molar-refractivity contribution is 6.00. The molecule has 0 unspecified atom stereocenters. The van der Waals surface area contributed by atoms with Gasteiger partial charge in [0.15, 0.2) is 11.6 Å². The van der Waals surface area contributed by atoms with E-state index in [0.29, 0.717) is 26.2 Å². The van der Waals surface area contributed by atoms with Crippen molar-refractivity contribution in [1.82, 2.24) is 9.88 Å². The molecule has 2 aliphatic rings. The zero-order chi connectivity index (χ0) is 19.3. The fourth-order valence-electron chi connectivity index (χ4n) is 3.62. The fraction of sp³-hybridized carbons (Fsp3) is 0.412. The quantitative estimate of drug-likeness (QED) is 0.463. The number of nitrogens with two attached hydrogens (primary N) is 1. The Labute approximate surface area is 152 Å². The molecule has 27 heavy (non-hydrogen) atoms. The number of nitrogen functional groups attached to an aromatic ring is 1. The van der Waals surface area contributed by atoms with Crippen LogP contribution in [0.25, 0.3) is 10.9 Å². The maximum atomic E-state index is 15.5. The molecule has 0 amide bonds. The van der Waals surface area contributed by atoms with Crippen molar-refractivity contribution in [3.05, 3.63) is 33.6 Å². The molecule has 2 aromatic rings. The van der Waals surface area contributed by atoms with Crippen molar-refractivity contribution in [2.45, 2.75) is 18.9 Å². The summed E-state index contributed by atoms with van der Waals surface area (Å²) in [6.45, 7) is 1.92. The summed E-state index contributed by atoms with van der Waals surface area (Å²) in [7, 11) is 0. The maximum Gasteiger partial charge on any atom is 0.341 e. The second-order valence-electron chi connectivity index (χ2n) is 6.77. The first kappa shape index (κ1) is 17.7. The Morgan fingerprint density at radius 2 is 1.93 bits per heavy atom. The van der Waals surface area contributed by atoms with Crippen LogP contribution < -0.4 is 26.9 Å². The Kier molecular flexibility index (Phi) is 4.23. The van der Waals surface area contributed by atoms with Gasteiger partial charge < -0.3 is 25.3 Å². The van der Waals surface area contributed by atoms with Gasteiger partial charge in [0, 0.05) is 38.4 Å². The summed E-state index contributed by atoms with van der Waals surface area (Å²) in [5, 5.41) is 12.1. The van der Waals surface area contributed by atoms with E-state index in [1.165, 1.54) is 4.57 Å². The molecule has 2 heterocycles. The number of rotatable bonds is 4. The van der Waals surface area contributed by atoms with Gasteiger partial charge in [-0.1, -0.05) is 0 Å². The topological polar surface area (TPSA) is 113 Å². The Morgan fingerprint density at radius 1 is 1.26 bits per heavy atom. The molecule has 10 heteroatoms. The first-order valence-electron chi connectivity index (χ1n) is 8.71. The van der Waals surface area contributed by atoms with E-state index in [9.17, 15) is 14.7 Å². The summed E-state index contributed by atoms with van der Waals surface area (Å²) >= 11 is 0. The van der Waals surface area contributed by atoms with Crippen LogP contribution in [0.15, 0.2) is 11.0 Å². The van der Waals surface area contributed by atoms with Crippen molar-refractivity contribution in [3.63, 3.8) is 0 Å². The number of halogens is 2. The first-order chi connectivity index (χ1) is 13.0. The fourth-order valence-corrected chi connectivity index (χ4v) is 3.62. The van der Waals surface area contributed by atoms with Gasteiger partial charge in [-0.05, 0) is 12.8 Å². The summed E-state index contributed by atoms with van der Waals surface area (Å²) in [5.74, 6) is 2.15. The minimum absolute atomic E-state index is 0.115. The van der Waals surface area contributed by atoms with Gasteiger partial charge in [0.05, 0.1) is 10.9 Å². The minimum atomic E-state index is -1.45. The molecular weight excluding hydrogens is 360 g/mol. The second kappa shape index (κ2) is 6.46. The van der Waals surface area contributed by atoms with Gasteiger partial charge in [-0.25, -0.2) is 13.6 Å². The number of benzene rings is 1. The zero-order valence-electron chi connectivity index (χ0n) is 14.4. The van der Waals surface area contributed by atoms with Crippen LogP contribution in [-0.2, 0) is 0 Å². The highest BCUT2D eigenvalue weighted by atomic mass is 19.1. The summed E-state index contributed by atoms with van der Waals surface area (Å²) in [4.78, 5) is 25.7. The number of hydrogen-bond acceptors (Lipinski definition) is 6. The lowest BCUT2D eigenvalue weighted by atomic mass is 10.1. The number of hydrazine groups is 1. The largest absolute Gasteiger partial charge is 0.477 e. The van der Waals surface area contributed by atoms with Crippen LogP contribution in [0.5, 0.6) is 0 Å². The van der Waals surface area contributed by atoms with Gasteiger partial charge in [0.25, 0.3) is 0 Å². The Bertz CT molecular complexity index is 997. The number of aromatic nitrogens is 1. The molecule has 1 saturated heterocycles. The summed E-state index contributed by atoms with van der Waals surface area (Å²) in [6, 6.07) is -0.132. The van der Waals surface area contributed by atoms with Gasteiger partial charge in [-0.15, -0.1) is 0 Å². The average molecular weight is 379 g/mol. The summed E-state index contributed by atoms with van der Waals surface area (Å²) in [5.41, 5.74) is -0.117. The molecule has 1 aromatic heterocycles. The summed E-state index contributed by atoms with van der Waals surface area (Å²) in [6.07, 6.45) is 2.60. The van der Waals surface area contributed by atoms with E-state index >= 15 is 8.78 Å². The highest BCUT2D eigenvalue weighted by Gasteiger charge is 2.33. The lowest BCUT2D eigenvalue weighted by Crippen LogP contribution is -2.44. The molecule has 1 aromatic carbocycles. The molecule has 2 fully saturated rings. The Balaban J connectivity index is 2.12. The number of nitrogens with zero attached hydrogens (tertiary/aromatic N) is 2. The van der Waals surface area contributed by atoms with Gasteiger partial charge in [-0.2, -0.15) is 0 Å². The number of carboxylic acids is 1. The predicted octanol–water partition coefficient (Wildman–Crippen LogP) is 1.01. The average Bonchev–Trinajstić information content (AvgIpc) is 3.48. The number of carboxylic acid groups (broad SMARTS) is 1. The third-order valence-electron chi connectivity index (χ3n) is 5.08. The molecule has 5 N–H and O–H groups in total. The Morgan fingerprint density at radius 3 is 2.48 bits per heavy atom. The number of nitrogens with one attached hydrogen (secondary N) is 2. The first-order valence-corrected chi connectivity index (χ1v) is 8.71. The molecule has 1 saturated carbocycles. The molecule has 0 spiro atoms. The number of carbonyl (C=O) groups is 1. The third-order valence-corrected chi connectivity index (χ3v) is 5.08. The van der Waals surface area contributed by atoms with Gasteiger partial charge in [0.2, 0.25) is 5.43 Å². The SMILES string of the molecule is NNc1c(F)c(N2CCNCC2)c(F)c2c1c(=O)c(C(=O)O)cn2C1CC1. The van der Waals surface area contributed by atoms with Crippen LogP contribution >= 0.6 is 0 Å². The molecule has 1 aliphatic heterocycles. The van der Waals surface area contributed by atoms with Crippen molar-refractivity contribution < 1.29 is 18.7 Å². The lowest BCUT2D eigenvalue weighted by Gasteiger charge is -2.31. The van der Waals surface area contributed by atoms with Crippen LogP contribution in [0.2, 0.25) is 0 Å². The molecule has 144 valence electrons. The Hall–Kier alpha value is -2.72. The number of pyridine rings is 1. The van der Waals surface area contributed by atoms with Gasteiger partial charge in [0.1, 0.15) is 16.9 Å².